The highest BCUT2D eigenvalue weighted by molar-refractivity contribution is 5.84. The maximum absolute atomic E-state index is 12.6. The van der Waals surface area contributed by atoms with Gasteiger partial charge >= 0.3 is 12.1 Å². The predicted molar refractivity (Wildman–Crippen MR) is 129 cm³/mol. The van der Waals surface area contributed by atoms with Gasteiger partial charge in [0.1, 0.15) is 24.0 Å². The van der Waals surface area contributed by atoms with Gasteiger partial charge in [0.25, 0.3) is 0 Å². The van der Waals surface area contributed by atoms with Gasteiger partial charge in [0.2, 0.25) is 0 Å². The summed E-state index contributed by atoms with van der Waals surface area (Å²) >= 11 is 0. The number of carboxylic acid groups (broad SMARTS) is 1. The minimum Gasteiger partial charge on any atom is -0.480 e. The molecule has 6 nitrogen and oxygen atoms in total. The predicted octanol–water partition coefficient (Wildman–Crippen LogP) is 5.58. The number of carbonyl (C=O) groups excluding carboxylic acids is 1. The standard InChI is InChI=1S/C28H25NO5/c1-16-11-12-25-22(13-16)17(2)26(34-25)14-24(27(30)31)29-28(32)33-15-23-20-9-5-3-7-18(20)19-8-4-6-10-21(19)23/h3-13,23-24H,14-15H2,1-2H3,(H,29,32)(H,30,31). The highest BCUT2D eigenvalue weighted by atomic mass is 16.5. The van der Waals surface area contributed by atoms with Gasteiger partial charge in [-0.15, -0.1) is 0 Å². The highest BCUT2D eigenvalue weighted by Gasteiger charge is 2.30. The van der Waals surface area contributed by atoms with E-state index in [4.69, 9.17) is 9.15 Å². The number of carboxylic acids is 1. The molecule has 5 rings (SSSR count). The molecule has 1 unspecified atom stereocenters. The van der Waals surface area contributed by atoms with Crippen LogP contribution in [0.4, 0.5) is 4.79 Å². The van der Waals surface area contributed by atoms with Crippen molar-refractivity contribution in [2.24, 2.45) is 0 Å². The van der Waals surface area contributed by atoms with E-state index in [1.54, 1.807) is 0 Å². The number of fused-ring (bicyclic) bond motifs is 4. The molecule has 1 heterocycles. The molecule has 3 aromatic carbocycles. The topological polar surface area (TPSA) is 88.8 Å². The molecule has 0 aliphatic heterocycles. The van der Waals surface area contributed by atoms with E-state index in [9.17, 15) is 14.7 Å². The van der Waals surface area contributed by atoms with Crippen LogP contribution in [0.1, 0.15) is 33.9 Å². The Morgan fingerprint density at radius 2 is 1.65 bits per heavy atom. The second-order valence-corrected chi connectivity index (χ2v) is 8.71. The number of alkyl carbamates (subject to hydrolysis) is 1. The van der Waals surface area contributed by atoms with E-state index in [1.165, 1.54) is 0 Å². The van der Waals surface area contributed by atoms with Crippen molar-refractivity contribution in [2.45, 2.75) is 32.2 Å². The summed E-state index contributed by atoms with van der Waals surface area (Å²) < 4.78 is 11.4. The molecule has 1 aliphatic rings. The molecule has 0 bridgehead atoms. The molecule has 0 saturated carbocycles. The maximum Gasteiger partial charge on any atom is 0.407 e. The Morgan fingerprint density at radius 1 is 1.00 bits per heavy atom. The summed E-state index contributed by atoms with van der Waals surface area (Å²) in [7, 11) is 0. The summed E-state index contributed by atoms with van der Waals surface area (Å²) in [4.78, 5) is 24.5. The molecule has 1 aliphatic carbocycles. The molecule has 172 valence electrons. The molecular formula is C28H25NO5. The van der Waals surface area contributed by atoms with Crippen LogP contribution in [0.5, 0.6) is 0 Å². The largest absolute Gasteiger partial charge is 0.480 e. The SMILES string of the molecule is Cc1ccc2oc(CC(NC(=O)OCC3c4ccccc4-c4ccccc43)C(=O)O)c(C)c2c1. The van der Waals surface area contributed by atoms with Crippen molar-refractivity contribution >= 4 is 23.0 Å². The minimum absolute atomic E-state index is 0.0269. The van der Waals surface area contributed by atoms with E-state index in [2.05, 4.69) is 17.4 Å². The first kappa shape index (κ1) is 21.8. The monoisotopic (exact) mass is 455 g/mol. The summed E-state index contributed by atoms with van der Waals surface area (Å²) in [6, 6.07) is 20.8. The van der Waals surface area contributed by atoms with E-state index in [1.807, 2.05) is 68.4 Å². The second-order valence-electron chi connectivity index (χ2n) is 8.71. The Bertz CT molecular complexity index is 1360. The van der Waals surface area contributed by atoms with Crippen LogP contribution in [-0.2, 0) is 16.0 Å². The Kier molecular flexibility index (Phi) is 5.57. The number of hydrogen-bond donors (Lipinski definition) is 2. The number of ether oxygens (including phenoxy) is 1. The zero-order chi connectivity index (χ0) is 23.8. The smallest absolute Gasteiger partial charge is 0.407 e. The van der Waals surface area contributed by atoms with Crippen LogP contribution in [0.3, 0.4) is 0 Å². The molecule has 4 aromatic rings. The lowest BCUT2D eigenvalue weighted by molar-refractivity contribution is -0.139. The molecule has 1 aromatic heterocycles. The number of aliphatic carboxylic acids is 1. The number of rotatable bonds is 6. The fraction of sp³-hybridized carbons (Fsp3) is 0.214. The molecule has 0 spiro atoms. The van der Waals surface area contributed by atoms with Crippen molar-refractivity contribution in [3.63, 3.8) is 0 Å². The van der Waals surface area contributed by atoms with Crippen LogP contribution >= 0.6 is 0 Å². The Balaban J connectivity index is 1.29. The Hall–Kier alpha value is -4.06. The number of hydrogen-bond acceptors (Lipinski definition) is 4. The molecule has 34 heavy (non-hydrogen) atoms. The molecule has 1 amide bonds. The van der Waals surface area contributed by atoms with E-state index in [0.29, 0.717) is 11.3 Å². The summed E-state index contributed by atoms with van der Waals surface area (Å²) in [5.74, 6) is -0.709. The van der Waals surface area contributed by atoms with Gasteiger partial charge in [0.05, 0.1) is 0 Å². The number of amides is 1. The number of carbonyl (C=O) groups is 2. The molecular weight excluding hydrogens is 430 g/mol. The molecule has 0 radical (unpaired) electrons. The molecule has 1 atom stereocenters. The van der Waals surface area contributed by atoms with Crippen LogP contribution < -0.4 is 5.32 Å². The molecule has 0 fully saturated rings. The first-order valence-electron chi connectivity index (χ1n) is 11.3. The Morgan fingerprint density at radius 3 is 2.29 bits per heavy atom. The van der Waals surface area contributed by atoms with Crippen molar-refractivity contribution in [1.82, 2.24) is 5.32 Å². The molecule has 0 saturated heterocycles. The van der Waals surface area contributed by atoms with Gasteiger partial charge < -0.3 is 19.6 Å². The fourth-order valence-corrected chi connectivity index (χ4v) is 4.75. The zero-order valence-corrected chi connectivity index (χ0v) is 19.0. The van der Waals surface area contributed by atoms with Crippen molar-refractivity contribution in [3.8, 4) is 11.1 Å². The van der Waals surface area contributed by atoms with Gasteiger partial charge in [-0.3, -0.25) is 0 Å². The van der Waals surface area contributed by atoms with Crippen molar-refractivity contribution in [1.29, 1.82) is 0 Å². The van der Waals surface area contributed by atoms with E-state index in [0.717, 1.165) is 38.8 Å². The lowest BCUT2D eigenvalue weighted by Crippen LogP contribution is -2.43. The van der Waals surface area contributed by atoms with Gasteiger partial charge in [-0.2, -0.15) is 0 Å². The van der Waals surface area contributed by atoms with Gasteiger partial charge in [0.15, 0.2) is 0 Å². The summed E-state index contributed by atoms with van der Waals surface area (Å²) in [5, 5.41) is 13.2. The number of benzene rings is 3. The highest BCUT2D eigenvalue weighted by Crippen LogP contribution is 2.44. The zero-order valence-electron chi connectivity index (χ0n) is 19.0. The number of furan rings is 1. The average molecular weight is 456 g/mol. The average Bonchev–Trinajstić information content (AvgIpc) is 3.31. The normalized spacial score (nSPS) is 13.4. The van der Waals surface area contributed by atoms with Crippen molar-refractivity contribution < 1.29 is 23.8 Å². The van der Waals surface area contributed by atoms with Crippen LogP contribution in [0.2, 0.25) is 0 Å². The van der Waals surface area contributed by atoms with Crippen LogP contribution in [0.25, 0.3) is 22.1 Å². The summed E-state index contributed by atoms with van der Waals surface area (Å²) in [5.41, 5.74) is 7.12. The Labute approximate surface area is 197 Å². The van der Waals surface area contributed by atoms with Gasteiger partial charge in [-0.25, -0.2) is 9.59 Å². The van der Waals surface area contributed by atoms with Gasteiger partial charge in [0, 0.05) is 17.7 Å². The third kappa shape index (κ3) is 3.92. The summed E-state index contributed by atoms with van der Waals surface area (Å²) in [6.07, 6.45) is -0.738. The van der Waals surface area contributed by atoms with Crippen LogP contribution in [0, 0.1) is 13.8 Å². The molecule has 6 heteroatoms. The molecule has 2 N–H and O–H groups in total. The first-order valence-corrected chi connectivity index (χ1v) is 11.3. The van der Waals surface area contributed by atoms with Crippen molar-refractivity contribution in [3.05, 3.63) is 94.7 Å². The van der Waals surface area contributed by atoms with Gasteiger partial charge in [-0.1, -0.05) is 60.2 Å². The quantitative estimate of drug-likeness (QED) is 0.396. The van der Waals surface area contributed by atoms with Crippen molar-refractivity contribution in [2.75, 3.05) is 6.61 Å². The maximum atomic E-state index is 12.6. The third-order valence-electron chi connectivity index (χ3n) is 6.51. The van der Waals surface area contributed by atoms with E-state index in [-0.39, 0.29) is 18.9 Å². The van der Waals surface area contributed by atoms with Gasteiger partial charge in [-0.05, 0) is 53.8 Å². The number of aryl methyl sites for hydroxylation is 2. The summed E-state index contributed by atoms with van der Waals surface area (Å²) in [6.45, 7) is 4.01. The van der Waals surface area contributed by atoms with Crippen LogP contribution in [0.15, 0.2) is 71.1 Å². The fourth-order valence-electron chi connectivity index (χ4n) is 4.75. The lowest BCUT2D eigenvalue weighted by Gasteiger charge is -2.17. The lowest BCUT2D eigenvalue weighted by atomic mass is 9.98. The second kappa shape index (κ2) is 8.71. The first-order chi connectivity index (χ1) is 16.4. The third-order valence-corrected chi connectivity index (χ3v) is 6.51. The minimum atomic E-state index is -1.17. The van der Waals surface area contributed by atoms with Crippen LogP contribution in [-0.4, -0.2) is 29.8 Å². The van der Waals surface area contributed by atoms with E-state index >= 15 is 0 Å². The number of nitrogens with one attached hydrogen (secondary N) is 1. The van der Waals surface area contributed by atoms with E-state index < -0.39 is 18.1 Å².